The summed E-state index contributed by atoms with van der Waals surface area (Å²) in [6.07, 6.45) is 1.69. The van der Waals surface area contributed by atoms with Crippen LogP contribution in [0.2, 0.25) is 0 Å². The van der Waals surface area contributed by atoms with Crippen LogP contribution in [0, 0.1) is 0 Å². The first-order valence-corrected chi connectivity index (χ1v) is 8.54. The second-order valence-corrected chi connectivity index (χ2v) is 6.54. The summed E-state index contributed by atoms with van der Waals surface area (Å²) in [4.78, 5) is 22.7. The van der Waals surface area contributed by atoms with Gasteiger partial charge in [0.1, 0.15) is 0 Å². The number of rotatable bonds is 6. The van der Waals surface area contributed by atoms with Crippen molar-refractivity contribution < 1.29 is 19.1 Å². The molecule has 22 heavy (non-hydrogen) atoms. The third-order valence-electron chi connectivity index (χ3n) is 2.82. The standard InChI is InChI=1S/C15H16BrNO4S/c1-3-20-15(19)11-8-13-12(16)4-5-14(17(13)9-11)21-6-7-22-10(2)18/h4-5,8-9H,3,6-7H2,1-2H3. The van der Waals surface area contributed by atoms with E-state index in [0.717, 1.165) is 9.99 Å². The Kier molecular flexibility index (Phi) is 5.90. The maximum Gasteiger partial charge on any atom is 0.339 e. The number of halogens is 1. The second-order valence-electron chi connectivity index (χ2n) is 4.41. The van der Waals surface area contributed by atoms with Gasteiger partial charge in [-0.25, -0.2) is 4.79 Å². The molecule has 0 bridgehead atoms. The summed E-state index contributed by atoms with van der Waals surface area (Å²) in [5, 5.41) is 0.0649. The number of nitrogens with zero attached hydrogens (tertiary/aromatic N) is 1. The van der Waals surface area contributed by atoms with Crippen LogP contribution in [-0.2, 0) is 9.53 Å². The molecule has 0 unspecified atom stereocenters. The Morgan fingerprint density at radius 2 is 2.14 bits per heavy atom. The molecule has 7 heteroatoms. The van der Waals surface area contributed by atoms with E-state index in [1.165, 1.54) is 18.7 Å². The molecule has 0 radical (unpaired) electrons. The van der Waals surface area contributed by atoms with Crippen LogP contribution in [0.3, 0.4) is 0 Å². The van der Waals surface area contributed by atoms with Crippen LogP contribution in [0.5, 0.6) is 5.88 Å². The average Bonchev–Trinajstić information content (AvgIpc) is 2.92. The quantitative estimate of drug-likeness (QED) is 0.562. The molecule has 0 amide bonds. The molecule has 2 aromatic heterocycles. The summed E-state index contributed by atoms with van der Waals surface area (Å²) in [6.45, 7) is 4.04. The van der Waals surface area contributed by atoms with Crippen LogP contribution in [0.1, 0.15) is 24.2 Å². The summed E-state index contributed by atoms with van der Waals surface area (Å²) in [5.41, 5.74) is 1.29. The Morgan fingerprint density at radius 1 is 1.36 bits per heavy atom. The maximum absolute atomic E-state index is 11.8. The van der Waals surface area contributed by atoms with E-state index in [-0.39, 0.29) is 11.1 Å². The molecule has 0 fully saturated rings. The van der Waals surface area contributed by atoms with E-state index in [2.05, 4.69) is 15.9 Å². The van der Waals surface area contributed by atoms with Gasteiger partial charge >= 0.3 is 5.97 Å². The summed E-state index contributed by atoms with van der Waals surface area (Å²) < 4.78 is 13.3. The van der Waals surface area contributed by atoms with Gasteiger partial charge in [0.05, 0.1) is 24.3 Å². The predicted molar refractivity (Wildman–Crippen MR) is 89.7 cm³/mol. The Morgan fingerprint density at radius 3 is 2.82 bits per heavy atom. The lowest BCUT2D eigenvalue weighted by molar-refractivity contribution is -0.109. The first-order chi connectivity index (χ1) is 10.5. The monoisotopic (exact) mass is 385 g/mol. The first kappa shape index (κ1) is 16.9. The molecule has 118 valence electrons. The van der Waals surface area contributed by atoms with Crippen LogP contribution in [-0.4, -0.2) is 34.5 Å². The second kappa shape index (κ2) is 7.69. The molecule has 0 saturated carbocycles. The lowest BCUT2D eigenvalue weighted by Crippen LogP contribution is -2.05. The number of aromatic nitrogens is 1. The first-order valence-electron chi connectivity index (χ1n) is 6.76. The fraction of sp³-hybridized carbons (Fsp3) is 0.333. The minimum Gasteiger partial charge on any atom is -0.478 e. The van der Waals surface area contributed by atoms with Crippen LogP contribution >= 0.6 is 27.7 Å². The van der Waals surface area contributed by atoms with Crippen molar-refractivity contribution >= 4 is 44.3 Å². The molecule has 0 spiro atoms. The molecule has 0 N–H and O–H groups in total. The lowest BCUT2D eigenvalue weighted by Gasteiger charge is -2.09. The van der Waals surface area contributed by atoms with Crippen molar-refractivity contribution in [1.29, 1.82) is 0 Å². The molecule has 0 atom stereocenters. The van der Waals surface area contributed by atoms with Crippen LogP contribution in [0.25, 0.3) is 5.52 Å². The number of fused-ring (bicyclic) bond motifs is 1. The SMILES string of the molecule is CCOC(=O)c1cc2c(Br)ccc(OCCSC(C)=O)n2c1. The fourth-order valence-corrected chi connectivity index (χ4v) is 2.81. The molecule has 0 saturated heterocycles. The highest BCUT2D eigenvalue weighted by atomic mass is 79.9. The van der Waals surface area contributed by atoms with Gasteiger partial charge in [0.2, 0.25) is 0 Å². The summed E-state index contributed by atoms with van der Waals surface area (Å²) in [7, 11) is 0. The minimum absolute atomic E-state index is 0.0649. The summed E-state index contributed by atoms with van der Waals surface area (Å²) in [6, 6.07) is 5.42. The molecule has 0 aliphatic heterocycles. The number of esters is 1. The molecule has 2 rings (SSSR count). The smallest absolute Gasteiger partial charge is 0.339 e. The van der Waals surface area contributed by atoms with Gasteiger partial charge in [-0.1, -0.05) is 11.8 Å². The van der Waals surface area contributed by atoms with Gasteiger partial charge in [-0.2, -0.15) is 0 Å². The van der Waals surface area contributed by atoms with E-state index in [9.17, 15) is 9.59 Å². The fourth-order valence-electron chi connectivity index (χ4n) is 1.91. The number of ether oxygens (including phenoxy) is 2. The molecular formula is C15H16BrNO4S. The molecular weight excluding hydrogens is 370 g/mol. The van der Waals surface area contributed by atoms with Crippen molar-refractivity contribution in [2.45, 2.75) is 13.8 Å². The van der Waals surface area contributed by atoms with Crippen molar-refractivity contribution in [3.05, 3.63) is 34.4 Å². The normalized spacial score (nSPS) is 10.7. The number of hydrogen-bond acceptors (Lipinski definition) is 5. The topological polar surface area (TPSA) is 57.0 Å². The van der Waals surface area contributed by atoms with Gasteiger partial charge in [-0.15, -0.1) is 0 Å². The zero-order valence-electron chi connectivity index (χ0n) is 12.3. The van der Waals surface area contributed by atoms with E-state index in [1.807, 2.05) is 12.1 Å². The highest BCUT2D eigenvalue weighted by Crippen LogP contribution is 2.26. The molecule has 2 heterocycles. The molecule has 0 aliphatic carbocycles. The van der Waals surface area contributed by atoms with Crippen LogP contribution in [0.15, 0.2) is 28.9 Å². The summed E-state index contributed by atoms with van der Waals surface area (Å²) in [5.74, 6) is 0.827. The van der Waals surface area contributed by atoms with Crippen molar-refractivity contribution in [3.8, 4) is 5.88 Å². The molecule has 0 aromatic carbocycles. The van der Waals surface area contributed by atoms with Gasteiger partial charge in [0.15, 0.2) is 11.0 Å². The largest absolute Gasteiger partial charge is 0.478 e. The number of hydrogen-bond donors (Lipinski definition) is 0. The van der Waals surface area contributed by atoms with Gasteiger partial charge < -0.3 is 9.47 Å². The minimum atomic E-state index is -0.365. The number of carbonyl (C=O) groups is 2. The molecule has 5 nitrogen and oxygen atoms in total. The zero-order chi connectivity index (χ0) is 16.1. The Labute approximate surface area is 141 Å². The average molecular weight is 386 g/mol. The van der Waals surface area contributed by atoms with Crippen LogP contribution < -0.4 is 4.74 Å². The highest BCUT2D eigenvalue weighted by molar-refractivity contribution is 9.10. The van der Waals surface area contributed by atoms with Crippen molar-refractivity contribution in [3.63, 3.8) is 0 Å². The van der Waals surface area contributed by atoms with E-state index >= 15 is 0 Å². The van der Waals surface area contributed by atoms with Crippen molar-refractivity contribution in [2.75, 3.05) is 19.0 Å². The predicted octanol–water partition coefficient (Wildman–Crippen LogP) is 3.54. The highest BCUT2D eigenvalue weighted by Gasteiger charge is 2.13. The Hall–Kier alpha value is -1.47. The molecule has 0 aliphatic rings. The Bertz CT molecular complexity index is 698. The van der Waals surface area contributed by atoms with Crippen molar-refractivity contribution in [1.82, 2.24) is 4.40 Å². The van der Waals surface area contributed by atoms with Crippen molar-refractivity contribution in [2.24, 2.45) is 0 Å². The lowest BCUT2D eigenvalue weighted by atomic mass is 10.3. The van der Waals surface area contributed by atoms with E-state index in [4.69, 9.17) is 9.47 Å². The van der Waals surface area contributed by atoms with Gasteiger partial charge in [0, 0.05) is 23.3 Å². The third-order valence-corrected chi connectivity index (χ3v) is 4.27. The van der Waals surface area contributed by atoms with Gasteiger partial charge in [-0.05, 0) is 41.1 Å². The van der Waals surface area contributed by atoms with E-state index in [1.54, 1.807) is 23.6 Å². The summed E-state index contributed by atoms with van der Waals surface area (Å²) >= 11 is 4.68. The molecule has 2 aromatic rings. The van der Waals surface area contributed by atoms with E-state index < -0.39 is 0 Å². The van der Waals surface area contributed by atoms with Gasteiger partial charge in [-0.3, -0.25) is 9.20 Å². The number of carbonyl (C=O) groups excluding carboxylic acids is 2. The Balaban J connectivity index is 2.21. The maximum atomic E-state index is 11.8. The number of thioether (sulfide) groups is 1. The number of pyridine rings is 1. The van der Waals surface area contributed by atoms with Gasteiger partial charge in [0.25, 0.3) is 0 Å². The third kappa shape index (κ3) is 4.04. The van der Waals surface area contributed by atoms with Crippen LogP contribution in [0.4, 0.5) is 0 Å². The van der Waals surface area contributed by atoms with E-state index in [0.29, 0.717) is 30.4 Å². The zero-order valence-corrected chi connectivity index (χ0v) is 14.7.